The normalized spacial score (nSPS) is 14.1. The molecule has 0 aromatic heterocycles. The lowest BCUT2D eigenvalue weighted by Crippen LogP contribution is -2.44. The fourth-order valence-corrected chi connectivity index (χ4v) is 1.73. The molecule has 0 heterocycles. The molecule has 1 atom stereocenters. The number of ether oxygens (including phenoxy) is 1. The van der Waals surface area contributed by atoms with E-state index in [-0.39, 0.29) is 30.9 Å². The first-order chi connectivity index (χ1) is 9.70. The summed E-state index contributed by atoms with van der Waals surface area (Å²) >= 11 is 0. The van der Waals surface area contributed by atoms with Crippen molar-refractivity contribution in [1.29, 1.82) is 0 Å². The van der Waals surface area contributed by atoms with Gasteiger partial charge < -0.3 is 15.2 Å². The van der Waals surface area contributed by atoms with Crippen LogP contribution in [0.1, 0.15) is 40.2 Å². The first-order valence-corrected chi connectivity index (χ1v) is 7.45. The van der Waals surface area contributed by atoms with Crippen LogP contribution in [0, 0.1) is 5.92 Å². The number of nitrogens with one attached hydrogen (secondary N) is 1. The first kappa shape index (κ1) is 17.5. The van der Waals surface area contributed by atoms with Gasteiger partial charge in [0.25, 0.3) is 0 Å². The molecule has 21 heavy (non-hydrogen) atoms. The van der Waals surface area contributed by atoms with E-state index in [1.807, 2.05) is 52.0 Å². The van der Waals surface area contributed by atoms with Gasteiger partial charge in [0.1, 0.15) is 5.75 Å². The smallest absolute Gasteiger partial charge is 0.224 e. The highest BCUT2D eigenvalue weighted by molar-refractivity contribution is 5.78. The van der Waals surface area contributed by atoms with Crippen molar-refractivity contribution in [3.8, 4) is 5.75 Å². The number of hydrogen-bond acceptors (Lipinski definition) is 3. The van der Waals surface area contributed by atoms with Gasteiger partial charge in [-0.15, -0.1) is 0 Å². The number of hydrogen-bond donors (Lipinski definition) is 2. The van der Waals surface area contributed by atoms with Crippen LogP contribution in [0.5, 0.6) is 5.75 Å². The second-order valence-corrected chi connectivity index (χ2v) is 6.28. The van der Waals surface area contributed by atoms with Crippen molar-refractivity contribution >= 4 is 5.91 Å². The van der Waals surface area contributed by atoms with E-state index in [1.54, 1.807) is 6.92 Å². The van der Waals surface area contributed by atoms with Crippen molar-refractivity contribution in [3.05, 3.63) is 29.8 Å². The van der Waals surface area contributed by atoms with Gasteiger partial charge in [-0.1, -0.05) is 26.0 Å². The SMILES string of the molecule is CC(C)Oc1cccc(CC(=O)NCC(C)(O)C(C)C)c1. The van der Waals surface area contributed by atoms with Crippen LogP contribution in [-0.2, 0) is 11.2 Å². The number of rotatable bonds is 7. The molecule has 4 heteroatoms. The largest absolute Gasteiger partial charge is 0.491 e. The summed E-state index contributed by atoms with van der Waals surface area (Å²) < 4.78 is 5.61. The van der Waals surface area contributed by atoms with Crippen molar-refractivity contribution in [3.63, 3.8) is 0 Å². The Morgan fingerprint density at radius 2 is 2.00 bits per heavy atom. The maximum atomic E-state index is 12.0. The van der Waals surface area contributed by atoms with Crippen LogP contribution in [0.2, 0.25) is 0 Å². The lowest BCUT2D eigenvalue weighted by Gasteiger charge is -2.27. The molecule has 1 aromatic rings. The predicted octanol–water partition coefficient (Wildman–Crippen LogP) is 2.54. The predicted molar refractivity (Wildman–Crippen MR) is 84.4 cm³/mol. The number of carbonyl (C=O) groups is 1. The van der Waals surface area contributed by atoms with E-state index in [4.69, 9.17) is 4.74 Å². The van der Waals surface area contributed by atoms with Crippen molar-refractivity contribution < 1.29 is 14.6 Å². The van der Waals surface area contributed by atoms with Gasteiger partial charge in [0, 0.05) is 6.54 Å². The van der Waals surface area contributed by atoms with Crippen LogP contribution in [-0.4, -0.2) is 29.3 Å². The Hall–Kier alpha value is -1.55. The highest BCUT2D eigenvalue weighted by Crippen LogP contribution is 2.16. The van der Waals surface area contributed by atoms with Gasteiger partial charge in [0.2, 0.25) is 5.91 Å². The van der Waals surface area contributed by atoms with E-state index in [2.05, 4.69) is 5.32 Å². The minimum atomic E-state index is -0.891. The Balaban J connectivity index is 2.55. The third-order valence-electron chi connectivity index (χ3n) is 3.52. The summed E-state index contributed by atoms with van der Waals surface area (Å²) in [5.41, 5.74) is 0.00739. The molecule has 0 radical (unpaired) electrons. The van der Waals surface area contributed by atoms with E-state index >= 15 is 0 Å². The second-order valence-electron chi connectivity index (χ2n) is 6.28. The Morgan fingerprint density at radius 1 is 1.33 bits per heavy atom. The number of benzene rings is 1. The topological polar surface area (TPSA) is 58.6 Å². The molecule has 1 rings (SSSR count). The minimum absolute atomic E-state index is 0.0839. The van der Waals surface area contributed by atoms with Gasteiger partial charge >= 0.3 is 0 Å². The van der Waals surface area contributed by atoms with Gasteiger partial charge in [-0.3, -0.25) is 4.79 Å². The molecule has 0 aliphatic rings. The van der Waals surface area contributed by atoms with E-state index in [0.29, 0.717) is 0 Å². The molecular formula is C17H27NO3. The average Bonchev–Trinajstić information content (AvgIpc) is 2.36. The standard InChI is InChI=1S/C17H27NO3/c1-12(2)17(5,20)11-18-16(19)10-14-7-6-8-15(9-14)21-13(3)4/h6-9,12-13,20H,10-11H2,1-5H3,(H,18,19). The molecule has 1 amide bonds. The highest BCUT2D eigenvalue weighted by Gasteiger charge is 2.25. The monoisotopic (exact) mass is 293 g/mol. The third-order valence-corrected chi connectivity index (χ3v) is 3.52. The summed E-state index contributed by atoms with van der Waals surface area (Å²) in [7, 11) is 0. The average molecular weight is 293 g/mol. The molecule has 4 nitrogen and oxygen atoms in total. The van der Waals surface area contributed by atoms with E-state index in [1.165, 1.54) is 0 Å². The molecule has 0 saturated heterocycles. The maximum absolute atomic E-state index is 12.0. The van der Waals surface area contributed by atoms with Gasteiger partial charge in [-0.2, -0.15) is 0 Å². The Bertz CT molecular complexity index is 467. The Labute approximate surface area is 127 Å². The van der Waals surface area contributed by atoms with E-state index < -0.39 is 5.60 Å². The van der Waals surface area contributed by atoms with Crippen LogP contribution in [0.15, 0.2) is 24.3 Å². The molecule has 0 aliphatic carbocycles. The molecule has 0 spiro atoms. The molecule has 0 saturated carbocycles. The Morgan fingerprint density at radius 3 is 2.57 bits per heavy atom. The molecule has 118 valence electrons. The quantitative estimate of drug-likeness (QED) is 0.812. The number of aliphatic hydroxyl groups is 1. The first-order valence-electron chi connectivity index (χ1n) is 7.45. The number of carbonyl (C=O) groups excluding carboxylic acids is 1. The zero-order valence-corrected chi connectivity index (χ0v) is 13.6. The Kier molecular flexibility index (Phi) is 6.21. The van der Waals surface area contributed by atoms with Crippen molar-refractivity contribution in [2.75, 3.05) is 6.54 Å². The van der Waals surface area contributed by atoms with Crippen molar-refractivity contribution in [2.45, 2.75) is 52.7 Å². The van der Waals surface area contributed by atoms with Crippen LogP contribution < -0.4 is 10.1 Å². The molecule has 0 bridgehead atoms. The van der Waals surface area contributed by atoms with Crippen LogP contribution >= 0.6 is 0 Å². The van der Waals surface area contributed by atoms with Crippen LogP contribution in [0.25, 0.3) is 0 Å². The summed E-state index contributed by atoms with van der Waals surface area (Å²) in [4.78, 5) is 12.0. The molecule has 0 fully saturated rings. The zero-order valence-electron chi connectivity index (χ0n) is 13.6. The summed E-state index contributed by atoms with van der Waals surface area (Å²) in [5, 5.41) is 12.9. The second kappa shape index (κ2) is 7.46. The summed E-state index contributed by atoms with van der Waals surface area (Å²) in [6.45, 7) is 9.78. The summed E-state index contributed by atoms with van der Waals surface area (Å²) in [6.07, 6.45) is 0.388. The lowest BCUT2D eigenvalue weighted by molar-refractivity contribution is -0.122. The van der Waals surface area contributed by atoms with Crippen molar-refractivity contribution in [1.82, 2.24) is 5.32 Å². The van der Waals surface area contributed by atoms with Gasteiger partial charge in [0.15, 0.2) is 0 Å². The van der Waals surface area contributed by atoms with Gasteiger partial charge in [0.05, 0.1) is 18.1 Å². The molecule has 0 aliphatic heterocycles. The molecule has 1 aromatic carbocycles. The van der Waals surface area contributed by atoms with Crippen molar-refractivity contribution in [2.24, 2.45) is 5.92 Å². The fraction of sp³-hybridized carbons (Fsp3) is 0.588. The van der Waals surface area contributed by atoms with E-state index in [0.717, 1.165) is 11.3 Å². The minimum Gasteiger partial charge on any atom is -0.491 e. The molecule has 1 unspecified atom stereocenters. The van der Waals surface area contributed by atoms with Gasteiger partial charge in [-0.05, 0) is 44.4 Å². The lowest BCUT2D eigenvalue weighted by atomic mass is 9.92. The van der Waals surface area contributed by atoms with E-state index in [9.17, 15) is 9.90 Å². The summed E-state index contributed by atoms with van der Waals surface area (Å²) in [5.74, 6) is 0.752. The fourth-order valence-electron chi connectivity index (χ4n) is 1.73. The third kappa shape index (κ3) is 6.17. The summed E-state index contributed by atoms with van der Waals surface area (Å²) in [6, 6.07) is 7.53. The van der Waals surface area contributed by atoms with Crippen LogP contribution in [0.3, 0.4) is 0 Å². The number of amides is 1. The molecule has 2 N–H and O–H groups in total. The van der Waals surface area contributed by atoms with Gasteiger partial charge in [-0.25, -0.2) is 0 Å². The maximum Gasteiger partial charge on any atom is 0.224 e. The van der Waals surface area contributed by atoms with Crippen LogP contribution in [0.4, 0.5) is 0 Å². The zero-order chi connectivity index (χ0) is 16.0. The molecular weight excluding hydrogens is 266 g/mol. The highest BCUT2D eigenvalue weighted by atomic mass is 16.5.